The number of hydrogen-bond acceptors (Lipinski definition) is 7. The van der Waals surface area contributed by atoms with E-state index in [9.17, 15) is 4.79 Å². The van der Waals surface area contributed by atoms with Gasteiger partial charge in [-0.3, -0.25) is 4.79 Å². The maximum atomic E-state index is 12.6. The highest BCUT2D eigenvalue weighted by Gasteiger charge is 2.20. The number of nitrogens with zero attached hydrogens (tertiary/aromatic N) is 4. The van der Waals surface area contributed by atoms with Crippen LogP contribution in [0.5, 0.6) is 11.5 Å². The normalized spacial score (nSPS) is 14.1. The summed E-state index contributed by atoms with van der Waals surface area (Å²) in [6, 6.07) is 13.6. The molecule has 8 nitrogen and oxygen atoms in total. The summed E-state index contributed by atoms with van der Waals surface area (Å²) in [5, 5.41) is 3.95. The van der Waals surface area contributed by atoms with E-state index >= 15 is 0 Å². The summed E-state index contributed by atoms with van der Waals surface area (Å²) < 4.78 is 15.6. The number of piperazine rings is 1. The lowest BCUT2D eigenvalue weighted by atomic mass is 10.1. The Balaban J connectivity index is 1.33. The second kappa shape index (κ2) is 9.55. The number of aromatic nitrogens is 2. The average Bonchev–Trinajstić information content (AvgIpc) is 3.28. The van der Waals surface area contributed by atoms with Gasteiger partial charge in [-0.05, 0) is 48.0 Å². The molecule has 0 saturated carbocycles. The zero-order chi connectivity index (χ0) is 22.5. The summed E-state index contributed by atoms with van der Waals surface area (Å²) in [5.41, 5.74) is 2.91. The van der Waals surface area contributed by atoms with Gasteiger partial charge in [0.2, 0.25) is 17.6 Å². The van der Waals surface area contributed by atoms with E-state index in [4.69, 9.17) is 14.0 Å². The largest absolute Gasteiger partial charge is 0.493 e. The molecule has 1 saturated heterocycles. The number of carbonyl (C=O) groups excluding carboxylic acids is 1. The molecule has 1 aliphatic heterocycles. The molecular formula is C24H26N4O4. The highest BCUT2D eigenvalue weighted by atomic mass is 16.5. The monoisotopic (exact) mass is 434 g/mol. The van der Waals surface area contributed by atoms with E-state index < -0.39 is 0 Å². The molecule has 32 heavy (non-hydrogen) atoms. The number of hydrogen-bond donors (Lipinski definition) is 0. The molecule has 1 aromatic heterocycles. The van der Waals surface area contributed by atoms with Gasteiger partial charge in [-0.2, -0.15) is 4.98 Å². The van der Waals surface area contributed by atoms with Crippen LogP contribution in [0.25, 0.3) is 17.5 Å². The lowest BCUT2D eigenvalue weighted by Crippen LogP contribution is -2.48. The Labute approximate surface area is 187 Å². The minimum Gasteiger partial charge on any atom is -0.493 e. The number of amides is 1. The van der Waals surface area contributed by atoms with Crippen molar-refractivity contribution in [1.29, 1.82) is 0 Å². The Morgan fingerprint density at radius 2 is 1.72 bits per heavy atom. The van der Waals surface area contributed by atoms with Gasteiger partial charge in [-0.15, -0.1) is 0 Å². The topological polar surface area (TPSA) is 80.9 Å². The molecule has 1 fully saturated rings. The molecule has 2 heterocycles. The van der Waals surface area contributed by atoms with Crippen molar-refractivity contribution in [2.24, 2.45) is 0 Å². The zero-order valence-electron chi connectivity index (χ0n) is 18.4. The van der Waals surface area contributed by atoms with Crippen molar-refractivity contribution in [3.63, 3.8) is 0 Å². The van der Waals surface area contributed by atoms with Crippen LogP contribution in [0.2, 0.25) is 0 Å². The average molecular weight is 434 g/mol. The number of benzene rings is 2. The van der Waals surface area contributed by atoms with Gasteiger partial charge in [0.1, 0.15) is 0 Å². The Kier molecular flexibility index (Phi) is 6.39. The van der Waals surface area contributed by atoms with E-state index in [-0.39, 0.29) is 5.91 Å². The maximum absolute atomic E-state index is 12.6. The third-order valence-electron chi connectivity index (χ3n) is 5.44. The van der Waals surface area contributed by atoms with Crippen molar-refractivity contribution in [2.75, 3.05) is 45.3 Å². The minimum absolute atomic E-state index is 0.00209. The first kappa shape index (κ1) is 21.4. The molecule has 3 aromatic rings. The Bertz CT molecular complexity index is 1100. The van der Waals surface area contributed by atoms with Crippen LogP contribution in [-0.2, 0) is 4.79 Å². The van der Waals surface area contributed by atoms with E-state index in [0.717, 1.165) is 29.9 Å². The van der Waals surface area contributed by atoms with Crippen LogP contribution < -0.4 is 14.4 Å². The Morgan fingerprint density at radius 3 is 2.34 bits per heavy atom. The zero-order valence-corrected chi connectivity index (χ0v) is 18.4. The van der Waals surface area contributed by atoms with Gasteiger partial charge in [0.15, 0.2) is 11.5 Å². The quantitative estimate of drug-likeness (QED) is 0.550. The van der Waals surface area contributed by atoms with Gasteiger partial charge in [-0.1, -0.05) is 11.2 Å². The van der Waals surface area contributed by atoms with E-state index in [2.05, 4.69) is 27.2 Å². The molecule has 166 valence electrons. The van der Waals surface area contributed by atoms with E-state index in [0.29, 0.717) is 36.3 Å². The van der Waals surface area contributed by atoms with Crippen LogP contribution >= 0.6 is 0 Å². The van der Waals surface area contributed by atoms with Crippen LogP contribution in [0.3, 0.4) is 0 Å². The van der Waals surface area contributed by atoms with Crippen LogP contribution in [-0.4, -0.2) is 61.3 Å². The molecule has 0 bridgehead atoms. The molecular weight excluding hydrogens is 408 g/mol. The summed E-state index contributed by atoms with van der Waals surface area (Å²) in [7, 11) is 3.19. The summed E-state index contributed by atoms with van der Waals surface area (Å²) in [5.74, 6) is 2.43. The second-order valence-corrected chi connectivity index (χ2v) is 7.44. The van der Waals surface area contributed by atoms with Gasteiger partial charge in [0.05, 0.1) is 14.2 Å². The fourth-order valence-electron chi connectivity index (χ4n) is 3.65. The van der Waals surface area contributed by atoms with Gasteiger partial charge in [0.25, 0.3) is 0 Å². The molecule has 0 atom stereocenters. The van der Waals surface area contributed by atoms with E-state index in [1.165, 1.54) is 0 Å². The summed E-state index contributed by atoms with van der Waals surface area (Å²) in [4.78, 5) is 21.0. The van der Waals surface area contributed by atoms with Crippen molar-refractivity contribution in [1.82, 2.24) is 15.0 Å². The van der Waals surface area contributed by atoms with Crippen molar-refractivity contribution >= 4 is 17.7 Å². The van der Waals surface area contributed by atoms with Crippen LogP contribution in [0, 0.1) is 6.92 Å². The number of anilines is 1. The molecule has 2 aromatic carbocycles. The van der Waals surface area contributed by atoms with Crippen molar-refractivity contribution < 1.29 is 18.8 Å². The molecule has 0 N–H and O–H groups in total. The van der Waals surface area contributed by atoms with Crippen LogP contribution in [0.15, 0.2) is 53.1 Å². The lowest BCUT2D eigenvalue weighted by molar-refractivity contribution is -0.126. The molecule has 8 heteroatoms. The van der Waals surface area contributed by atoms with Gasteiger partial charge in [0, 0.05) is 50.4 Å². The van der Waals surface area contributed by atoms with E-state index in [1.54, 1.807) is 33.3 Å². The Hall–Kier alpha value is -3.81. The summed E-state index contributed by atoms with van der Waals surface area (Å²) in [6.07, 6.45) is 3.41. The number of rotatable bonds is 6. The smallest absolute Gasteiger partial charge is 0.246 e. The predicted molar refractivity (Wildman–Crippen MR) is 122 cm³/mol. The van der Waals surface area contributed by atoms with Gasteiger partial charge >= 0.3 is 0 Å². The summed E-state index contributed by atoms with van der Waals surface area (Å²) >= 11 is 0. The SMILES string of the molecule is COc1ccc(/C=C/C(=O)N2CCN(c3ccc(-c4noc(C)n4)cc3)CC2)cc1OC. The molecule has 0 radical (unpaired) electrons. The van der Waals surface area contributed by atoms with Crippen molar-refractivity contribution in [3.8, 4) is 22.9 Å². The van der Waals surface area contributed by atoms with Crippen LogP contribution in [0.1, 0.15) is 11.5 Å². The number of methoxy groups -OCH3 is 2. The number of ether oxygens (including phenoxy) is 2. The predicted octanol–water partition coefficient (Wildman–Crippen LogP) is 3.42. The molecule has 0 aliphatic carbocycles. The van der Waals surface area contributed by atoms with E-state index in [1.807, 2.05) is 35.2 Å². The molecule has 0 spiro atoms. The number of carbonyl (C=O) groups is 1. The molecule has 1 aliphatic rings. The van der Waals surface area contributed by atoms with Crippen LogP contribution in [0.4, 0.5) is 5.69 Å². The highest BCUT2D eigenvalue weighted by molar-refractivity contribution is 5.92. The first-order valence-corrected chi connectivity index (χ1v) is 10.4. The molecule has 1 amide bonds. The Morgan fingerprint density at radius 1 is 1.00 bits per heavy atom. The number of aryl methyl sites for hydroxylation is 1. The van der Waals surface area contributed by atoms with Crippen molar-refractivity contribution in [3.05, 3.63) is 60.0 Å². The summed E-state index contributed by atoms with van der Waals surface area (Å²) in [6.45, 7) is 4.66. The van der Waals surface area contributed by atoms with Gasteiger partial charge in [-0.25, -0.2) is 0 Å². The van der Waals surface area contributed by atoms with Crippen molar-refractivity contribution in [2.45, 2.75) is 6.92 Å². The molecule has 0 unspecified atom stereocenters. The first-order chi connectivity index (χ1) is 15.6. The first-order valence-electron chi connectivity index (χ1n) is 10.4. The molecule has 4 rings (SSSR count). The standard InChI is InChI=1S/C24H26N4O4/c1-17-25-24(26-32-17)19-6-8-20(9-7-19)27-12-14-28(15-13-27)23(29)11-5-18-4-10-21(30-2)22(16-18)31-3/h4-11,16H,12-15H2,1-3H3/b11-5+. The fraction of sp³-hybridized carbons (Fsp3) is 0.292. The third kappa shape index (κ3) is 4.74. The third-order valence-corrected chi connectivity index (χ3v) is 5.44. The highest BCUT2D eigenvalue weighted by Crippen LogP contribution is 2.28. The lowest BCUT2D eigenvalue weighted by Gasteiger charge is -2.35. The van der Waals surface area contributed by atoms with Gasteiger partial charge < -0.3 is 23.8 Å². The fourth-order valence-corrected chi connectivity index (χ4v) is 3.65. The second-order valence-electron chi connectivity index (χ2n) is 7.44. The minimum atomic E-state index is 0.00209. The maximum Gasteiger partial charge on any atom is 0.246 e.